The Morgan fingerprint density at radius 3 is 2.30 bits per heavy atom. The highest BCUT2D eigenvalue weighted by molar-refractivity contribution is 6.30. The standard InChI is InChI=1S/C22H21ClN2O2/c1-25(20-5-3-2-4-6-20)15-22(26)24-19-11-13-21(14-12-19)27-16-17-7-9-18(23)10-8-17/h2-14H,15-16H2,1H3,(H,24,26). The van der Waals surface area contributed by atoms with E-state index < -0.39 is 0 Å². The lowest BCUT2D eigenvalue weighted by atomic mass is 10.2. The Balaban J connectivity index is 1.49. The zero-order chi connectivity index (χ0) is 19.1. The van der Waals surface area contributed by atoms with E-state index in [0.717, 1.165) is 22.7 Å². The molecule has 1 amide bonds. The van der Waals surface area contributed by atoms with Gasteiger partial charge in [-0.2, -0.15) is 0 Å². The first-order valence-electron chi connectivity index (χ1n) is 8.63. The van der Waals surface area contributed by atoms with Gasteiger partial charge in [0.2, 0.25) is 5.91 Å². The van der Waals surface area contributed by atoms with E-state index in [9.17, 15) is 4.79 Å². The lowest BCUT2D eigenvalue weighted by molar-refractivity contribution is -0.114. The van der Waals surface area contributed by atoms with E-state index >= 15 is 0 Å². The third kappa shape index (κ3) is 5.76. The van der Waals surface area contributed by atoms with E-state index in [1.807, 2.05) is 90.8 Å². The average Bonchev–Trinajstić information content (AvgIpc) is 2.69. The second-order valence-electron chi connectivity index (χ2n) is 6.18. The van der Waals surface area contributed by atoms with E-state index in [1.165, 1.54) is 0 Å². The number of hydrogen-bond acceptors (Lipinski definition) is 3. The Labute approximate surface area is 164 Å². The van der Waals surface area contributed by atoms with Crippen LogP contribution in [0.2, 0.25) is 5.02 Å². The van der Waals surface area contributed by atoms with Gasteiger partial charge in [-0.25, -0.2) is 0 Å². The van der Waals surface area contributed by atoms with Gasteiger partial charge >= 0.3 is 0 Å². The first-order chi connectivity index (χ1) is 13.1. The highest BCUT2D eigenvalue weighted by Crippen LogP contribution is 2.18. The van der Waals surface area contributed by atoms with Crippen LogP contribution >= 0.6 is 11.6 Å². The molecular weight excluding hydrogens is 360 g/mol. The SMILES string of the molecule is CN(CC(=O)Nc1ccc(OCc2ccc(Cl)cc2)cc1)c1ccccc1. The van der Waals surface area contributed by atoms with Crippen molar-refractivity contribution in [1.82, 2.24) is 0 Å². The highest BCUT2D eigenvalue weighted by Gasteiger charge is 2.07. The number of hydrogen-bond donors (Lipinski definition) is 1. The molecule has 0 aliphatic heterocycles. The van der Waals surface area contributed by atoms with Crippen LogP contribution in [0.1, 0.15) is 5.56 Å². The predicted octanol–water partition coefficient (Wildman–Crippen LogP) is 4.99. The normalized spacial score (nSPS) is 10.3. The monoisotopic (exact) mass is 380 g/mol. The van der Waals surface area contributed by atoms with Gasteiger partial charge in [-0.05, 0) is 54.1 Å². The number of nitrogens with zero attached hydrogens (tertiary/aromatic N) is 1. The fourth-order valence-corrected chi connectivity index (χ4v) is 2.70. The topological polar surface area (TPSA) is 41.6 Å². The second kappa shape index (κ2) is 9.10. The molecule has 4 nitrogen and oxygen atoms in total. The summed E-state index contributed by atoms with van der Waals surface area (Å²) in [5.41, 5.74) is 2.78. The van der Waals surface area contributed by atoms with Gasteiger partial charge < -0.3 is 15.0 Å². The molecule has 0 radical (unpaired) electrons. The maximum Gasteiger partial charge on any atom is 0.243 e. The average molecular weight is 381 g/mol. The lowest BCUT2D eigenvalue weighted by Gasteiger charge is -2.18. The van der Waals surface area contributed by atoms with Gasteiger partial charge in [-0.1, -0.05) is 41.9 Å². The minimum Gasteiger partial charge on any atom is -0.489 e. The van der Waals surface area contributed by atoms with Crippen molar-refractivity contribution < 1.29 is 9.53 Å². The molecule has 0 fully saturated rings. The van der Waals surface area contributed by atoms with E-state index in [0.29, 0.717) is 11.6 Å². The third-order valence-electron chi connectivity index (χ3n) is 4.03. The molecule has 3 aromatic rings. The van der Waals surface area contributed by atoms with Crippen LogP contribution in [0, 0.1) is 0 Å². The molecule has 27 heavy (non-hydrogen) atoms. The summed E-state index contributed by atoms with van der Waals surface area (Å²) in [6, 6.07) is 24.7. The van der Waals surface area contributed by atoms with Crippen molar-refractivity contribution in [2.75, 3.05) is 23.8 Å². The van der Waals surface area contributed by atoms with Crippen LogP contribution in [0.5, 0.6) is 5.75 Å². The Kier molecular flexibility index (Phi) is 6.34. The number of carbonyl (C=O) groups is 1. The van der Waals surface area contributed by atoms with Crippen molar-refractivity contribution in [1.29, 1.82) is 0 Å². The molecule has 0 aliphatic rings. The van der Waals surface area contributed by atoms with Crippen LogP contribution in [0.15, 0.2) is 78.9 Å². The largest absolute Gasteiger partial charge is 0.489 e. The Bertz CT molecular complexity index is 865. The molecule has 0 aromatic heterocycles. The van der Waals surface area contributed by atoms with Gasteiger partial charge in [0.05, 0.1) is 6.54 Å². The first-order valence-corrected chi connectivity index (χ1v) is 9.01. The maximum absolute atomic E-state index is 12.2. The van der Waals surface area contributed by atoms with Gasteiger partial charge in [0.15, 0.2) is 0 Å². The van der Waals surface area contributed by atoms with Gasteiger partial charge in [-0.3, -0.25) is 4.79 Å². The minimum atomic E-state index is -0.0730. The first kappa shape index (κ1) is 18.8. The summed E-state index contributed by atoms with van der Waals surface area (Å²) >= 11 is 5.88. The molecule has 0 spiro atoms. The molecule has 138 valence electrons. The zero-order valence-corrected chi connectivity index (χ0v) is 15.8. The molecule has 0 bridgehead atoms. The zero-order valence-electron chi connectivity index (χ0n) is 15.1. The molecule has 1 N–H and O–H groups in total. The van der Waals surface area contributed by atoms with Gasteiger partial charge in [-0.15, -0.1) is 0 Å². The summed E-state index contributed by atoms with van der Waals surface area (Å²) in [5, 5.41) is 3.60. The van der Waals surface area contributed by atoms with Crippen molar-refractivity contribution in [2.45, 2.75) is 6.61 Å². The molecule has 0 heterocycles. The number of ether oxygens (including phenoxy) is 1. The number of rotatable bonds is 7. The van der Waals surface area contributed by atoms with E-state index in [-0.39, 0.29) is 12.5 Å². The molecule has 3 rings (SSSR count). The molecule has 0 aliphatic carbocycles. The number of para-hydroxylation sites is 1. The van der Waals surface area contributed by atoms with Crippen LogP contribution in [0.3, 0.4) is 0 Å². The summed E-state index contributed by atoms with van der Waals surface area (Å²) in [4.78, 5) is 14.1. The third-order valence-corrected chi connectivity index (χ3v) is 4.29. The summed E-state index contributed by atoms with van der Waals surface area (Å²) in [7, 11) is 1.89. The molecule has 5 heteroatoms. The number of anilines is 2. The molecular formula is C22H21ClN2O2. The number of nitrogens with one attached hydrogen (secondary N) is 1. The second-order valence-corrected chi connectivity index (χ2v) is 6.62. The Morgan fingerprint density at radius 2 is 1.63 bits per heavy atom. The molecule has 0 saturated carbocycles. The Morgan fingerprint density at radius 1 is 0.963 bits per heavy atom. The fourth-order valence-electron chi connectivity index (χ4n) is 2.57. The van der Waals surface area contributed by atoms with Crippen molar-refractivity contribution in [3.63, 3.8) is 0 Å². The molecule has 3 aromatic carbocycles. The highest BCUT2D eigenvalue weighted by atomic mass is 35.5. The minimum absolute atomic E-state index is 0.0730. The quantitative estimate of drug-likeness (QED) is 0.627. The lowest BCUT2D eigenvalue weighted by Crippen LogP contribution is -2.29. The summed E-state index contributed by atoms with van der Waals surface area (Å²) in [6.07, 6.45) is 0. The maximum atomic E-state index is 12.2. The number of halogens is 1. The smallest absolute Gasteiger partial charge is 0.243 e. The van der Waals surface area contributed by atoms with Crippen molar-refractivity contribution >= 4 is 28.9 Å². The van der Waals surface area contributed by atoms with Crippen molar-refractivity contribution in [3.05, 3.63) is 89.4 Å². The van der Waals surface area contributed by atoms with Crippen LogP contribution in [-0.4, -0.2) is 19.5 Å². The summed E-state index contributed by atoms with van der Waals surface area (Å²) < 4.78 is 5.75. The van der Waals surface area contributed by atoms with E-state index in [2.05, 4.69) is 5.32 Å². The summed E-state index contributed by atoms with van der Waals surface area (Å²) in [5.74, 6) is 0.667. The van der Waals surface area contributed by atoms with Crippen LogP contribution in [0.25, 0.3) is 0 Å². The van der Waals surface area contributed by atoms with E-state index in [4.69, 9.17) is 16.3 Å². The van der Waals surface area contributed by atoms with Crippen molar-refractivity contribution in [2.24, 2.45) is 0 Å². The summed E-state index contributed by atoms with van der Waals surface area (Å²) in [6.45, 7) is 0.740. The molecule has 0 atom stereocenters. The van der Waals surface area contributed by atoms with Crippen LogP contribution in [-0.2, 0) is 11.4 Å². The van der Waals surface area contributed by atoms with Crippen LogP contribution < -0.4 is 15.0 Å². The van der Waals surface area contributed by atoms with Gasteiger partial charge in [0, 0.05) is 23.4 Å². The van der Waals surface area contributed by atoms with Gasteiger partial charge in [0.1, 0.15) is 12.4 Å². The molecule has 0 unspecified atom stereocenters. The number of likely N-dealkylation sites (N-methyl/N-ethyl adjacent to an activating group) is 1. The Hall–Kier alpha value is -2.98. The van der Waals surface area contributed by atoms with Gasteiger partial charge in [0.25, 0.3) is 0 Å². The molecule has 0 saturated heterocycles. The fraction of sp³-hybridized carbons (Fsp3) is 0.136. The van der Waals surface area contributed by atoms with Crippen molar-refractivity contribution in [3.8, 4) is 5.75 Å². The number of amides is 1. The van der Waals surface area contributed by atoms with Crippen LogP contribution in [0.4, 0.5) is 11.4 Å². The predicted molar refractivity (Wildman–Crippen MR) is 111 cm³/mol. The van der Waals surface area contributed by atoms with E-state index in [1.54, 1.807) is 0 Å². The number of carbonyl (C=O) groups excluding carboxylic acids is 1. The number of benzene rings is 3.